The van der Waals surface area contributed by atoms with Crippen LogP contribution in [0.25, 0.3) is 0 Å². The lowest BCUT2D eigenvalue weighted by Crippen LogP contribution is -2.57. The van der Waals surface area contributed by atoms with Gasteiger partial charge in [-0.25, -0.2) is 0 Å². The second-order valence-electron chi connectivity index (χ2n) is 8.43. The van der Waals surface area contributed by atoms with E-state index in [0.717, 1.165) is 43.8 Å². The molecule has 1 unspecified atom stereocenters. The van der Waals surface area contributed by atoms with E-state index in [0.29, 0.717) is 12.7 Å². The highest BCUT2D eigenvalue weighted by Crippen LogP contribution is 2.42. The average Bonchev–Trinajstić information content (AvgIpc) is 3.09. The van der Waals surface area contributed by atoms with E-state index < -0.39 is 5.54 Å². The van der Waals surface area contributed by atoms with Crippen molar-refractivity contribution in [3.63, 3.8) is 0 Å². The van der Waals surface area contributed by atoms with Crippen LogP contribution in [0, 0.1) is 0 Å². The van der Waals surface area contributed by atoms with Crippen LogP contribution in [-0.4, -0.2) is 43.2 Å². The maximum Gasteiger partial charge on any atom is 0.247 e. The molecule has 2 aromatic rings. The standard InChI is InChI=1S/C24H29N3O2/c1-29-22-12-6-9-19-20(22)10-5-11-21(19)26-15-13-24(14-16-26)23(28)25-17-27(24)18-7-3-2-4-8-18/h2-4,6-9,12,21H,5,10-11,13-17H2,1H3,(H,25,28). The van der Waals surface area contributed by atoms with Gasteiger partial charge in [0.25, 0.3) is 0 Å². The number of para-hydroxylation sites is 1. The topological polar surface area (TPSA) is 44.8 Å². The van der Waals surface area contributed by atoms with Crippen molar-refractivity contribution in [2.45, 2.75) is 43.7 Å². The number of likely N-dealkylation sites (tertiary alicyclic amines) is 1. The third-order valence-corrected chi connectivity index (χ3v) is 7.12. The Labute approximate surface area is 172 Å². The van der Waals surface area contributed by atoms with Crippen molar-refractivity contribution in [3.8, 4) is 5.75 Å². The van der Waals surface area contributed by atoms with Gasteiger partial charge in [0.1, 0.15) is 11.3 Å². The molecule has 0 aromatic heterocycles. The summed E-state index contributed by atoms with van der Waals surface area (Å²) in [6.07, 6.45) is 5.20. The van der Waals surface area contributed by atoms with E-state index in [9.17, 15) is 4.79 Å². The van der Waals surface area contributed by atoms with Gasteiger partial charge in [0.2, 0.25) is 5.91 Å². The van der Waals surface area contributed by atoms with Gasteiger partial charge >= 0.3 is 0 Å². The molecule has 1 aliphatic carbocycles. The molecule has 5 nitrogen and oxygen atoms in total. The molecule has 2 saturated heterocycles. The van der Waals surface area contributed by atoms with Crippen LogP contribution in [0.3, 0.4) is 0 Å². The Morgan fingerprint density at radius 3 is 2.62 bits per heavy atom. The fourth-order valence-electron chi connectivity index (χ4n) is 5.60. The third kappa shape index (κ3) is 2.99. The van der Waals surface area contributed by atoms with Crippen molar-refractivity contribution in [1.29, 1.82) is 0 Å². The molecule has 1 spiro atoms. The highest BCUT2D eigenvalue weighted by atomic mass is 16.5. The first-order valence-electron chi connectivity index (χ1n) is 10.7. The molecule has 1 N–H and O–H groups in total. The van der Waals surface area contributed by atoms with Crippen molar-refractivity contribution < 1.29 is 9.53 Å². The average molecular weight is 392 g/mol. The molecular formula is C24H29N3O2. The zero-order chi connectivity index (χ0) is 19.8. The molecule has 1 atom stereocenters. The van der Waals surface area contributed by atoms with Gasteiger partial charge in [-0.3, -0.25) is 9.69 Å². The Balaban J connectivity index is 1.38. The molecule has 2 aromatic carbocycles. The van der Waals surface area contributed by atoms with Gasteiger partial charge in [-0.2, -0.15) is 0 Å². The van der Waals surface area contributed by atoms with Crippen molar-refractivity contribution in [1.82, 2.24) is 10.2 Å². The number of carbonyl (C=O) groups excluding carboxylic acids is 1. The maximum absolute atomic E-state index is 12.9. The summed E-state index contributed by atoms with van der Waals surface area (Å²) in [4.78, 5) is 17.8. The fraction of sp³-hybridized carbons (Fsp3) is 0.458. The number of nitrogens with one attached hydrogen (secondary N) is 1. The van der Waals surface area contributed by atoms with Crippen LogP contribution < -0.4 is 15.0 Å². The fourth-order valence-corrected chi connectivity index (χ4v) is 5.60. The summed E-state index contributed by atoms with van der Waals surface area (Å²) < 4.78 is 5.62. The zero-order valence-electron chi connectivity index (χ0n) is 17.1. The van der Waals surface area contributed by atoms with Gasteiger partial charge in [-0.15, -0.1) is 0 Å². The number of hydrogen-bond acceptors (Lipinski definition) is 4. The monoisotopic (exact) mass is 391 g/mol. The van der Waals surface area contributed by atoms with E-state index in [1.165, 1.54) is 24.0 Å². The van der Waals surface area contributed by atoms with Crippen LogP contribution in [0.4, 0.5) is 5.69 Å². The number of nitrogens with zero attached hydrogens (tertiary/aromatic N) is 2. The Morgan fingerprint density at radius 1 is 1.07 bits per heavy atom. The van der Waals surface area contributed by atoms with Gasteiger partial charge in [-0.1, -0.05) is 30.3 Å². The molecular weight excluding hydrogens is 362 g/mol. The number of hydrogen-bond donors (Lipinski definition) is 1. The van der Waals surface area contributed by atoms with Crippen molar-refractivity contribution in [3.05, 3.63) is 59.7 Å². The molecule has 1 amide bonds. The number of carbonyl (C=O) groups is 1. The van der Waals surface area contributed by atoms with Gasteiger partial charge in [0.05, 0.1) is 13.8 Å². The van der Waals surface area contributed by atoms with Crippen molar-refractivity contribution in [2.24, 2.45) is 0 Å². The molecule has 5 rings (SSSR count). The molecule has 0 radical (unpaired) electrons. The highest BCUT2D eigenvalue weighted by molar-refractivity contribution is 5.93. The zero-order valence-corrected chi connectivity index (χ0v) is 17.1. The quantitative estimate of drug-likeness (QED) is 0.870. The molecule has 2 aliphatic heterocycles. The van der Waals surface area contributed by atoms with E-state index in [4.69, 9.17) is 4.74 Å². The normalized spacial score (nSPS) is 23.7. The number of rotatable bonds is 3. The maximum atomic E-state index is 12.9. The first-order valence-corrected chi connectivity index (χ1v) is 10.7. The molecule has 0 saturated carbocycles. The minimum absolute atomic E-state index is 0.187. The number of amides is 1. The van der Waals surface area contributed by atoms with E-state index in [1.807, 2.05) is 18.2 Å². The van der Waals surface area contributed by atoms with Crippen LogP contribution >= 0.6 is 0 Å². The third-order valence-electron chi connectivity index (χ3n) is 7.12. The van der Waals surface area contributed by atoms with Gasteiger partial charge in [0.15, 0.2) is 0 Å². The number of benzene rings is 2. The SMILES string of the molecule is COc1cccc2c1CCCC2N1CCC2(CC1)C(=O)NCN2c1ccccc1. The summed E-state index contributed by atoms with van der Waals surface area (Å²) in [7, 11) is 1.76. The minimum atomic E-state index is -0.413. The summed E-state index contributed by atoms with van der Waals surface area (Å²) in [5.41, 5.74) is 3.51. The number of piperidine rings is 1. The van der Waals surface area contributed by atoms with Crippen LogP contribution in [0.15, 0.2) is 48.5 Å². The second kappa shape index (κ2) is 7.38. The van der Waals surface area contributed by atoms with Gasteiger partial charge in [-0.05, 0) is 61.4 Å². The number of anilines is 1. The van der Waals surface area contributed by atoms with Crippen molar-refractivity contribution >= 4 is 11.6 Å². The first kappa shape index (κ1) is 18.5. The van der Waals surface area contributed by atoms with E-state index in [1.54, 1.807) is 7.11 Å². The van der Waals surface area contributed by atoms with E-state index >= 15 is 0 Å². The number of ether oxygens (including phenoxy) is 1. The largest absolute Gasteiger partial charge is 0.496 e. The lowest BCUT2D eigenvalue weighted by molar-refractivity contribution is -0.125. The van der Waals surface area contributed by atoms with Crippen LogP contribution in [0.2, 0.25) is 0 Å². The van der Waals surface area contributed by atoms with Gasteiger partial charge < -0.3 is 15.0 Å². The molecule has 2 heterocycles. The van der Waals surface area contributed by atoms with Crippen LogP contribution in [0.1, 0.15) is 42.9 Å². The lowest BCUT2D eigenvalue weighted by atomic mass is 9.81. The van der Waals surface area contributed by atoms with Crippen molar-refractivity contribution in [2.75, 3.05) is 31.8 Å². The first-order chi connectivity index (χ1) is 14.2. The number of fused-ring (bicyclic) bond motifs is 1. The highest BCUT2D eigenvalue weighted by Gasteiger charge is 2.51. The molecule has 0 bridgehead atoms. The van der Waals surface area contributed by atoms with Gasteiger partial charge in [0, 0.05) is 24.8 Å². The second-order valence-corrected chi connectivity index (χ2v) is 8.43. The van der Waals surface area contributed by atoms with Crippen LogP contribution in [-0.2, 0) is 11.2 Å². The summed E-state index contributed by atoms with van der Waals surface area (Å²) in [5.74, 6) is 1.21. The summed E-state index contributed by atoms with van der Waals surface area (Å²) in [5, 5.41) is 3.11. The Bertz CT molecular complexity index is 890. The molecule has 152 valence electrons. The lowest BCUT2D eigenvalue weighted by Gasteiger charge is -2.46. The molecule has 2 fully saturated rings. The summed E-state index contributed by atoms with van der Waals surface area (Å²) in [6.45, 7) is 2.49. The van der Waals surface area contributed by atoms with Crippen LogP contribution in [0.5, 0.6) is 5.75 Å². The number of methoxy groups -OCH3 is 1. The molecule has 5 heteroatoms. The predicted molar refractivity (Wildman–Crippen MR) is 114 cm³/mol. The minimum Gasteiger partial charge on any atom is -0.496 e. The molecule has 3 aliphatic rings. The smallest absolute Gasteiger partial charge is 0.247 e. The van der Waals surface area contributed by atoms with E-state index in [2.05, 4.69) is 45.4 Å². The predicted octanol–water partition coefficient (Wildman–Crippen LogP) is 3.50. The van der Waals surface area contributed by atoms with E-state index in [-0.39, 0.29) is 5.91 Å². The summed E-state index contributed by atoms with van der Waals surface area (Å²) in [6, 6.07) is 17.2. The Kier molecular flexibility index (Phi) is 4.70. The Morgan fingerprint density at radius 2 is 1.86 bits per heavy atom. The molecule has 29 heavy (non-hydrogen) atoms. The summed E-state index contributed by atoms with van der Waals surface area (Å²) >= 11 is 0. The Hall–Kier alpha value is -2.53.